The van der Waals surface area contributed by atoms with Gasteiger partial charge in [0.1, 0.15) is 11.4 Å². The fraction of sp³-hybridized carbons (Fsp3) is 0.167. The Morgan fingerprint density at radius 1 is 1.17 bits per heavy atom. The molecule has 0 saturated heterocycles. The molecular formula is C18H16ClN3O2. The first kappa shape index (κ1) is 14.9. The van der Waals surface area contributed by atoms with Crippen molar-refractivity contribution in [2.75, 3.05) is 24.0 Å². The maximum absolute atomic E-state index is 12.5. The molecule has 122 valence electrons. The van der Waals surface area contributed by atoms with Crippen molar-refractivity contribution >= 4 is 28.9 Å². The normalized spacial score (nSPS) is 16.1. The monoisotopic (exact) mass is 341 g/mol. The average Bonchev–Trinajstić information content (AvgIpc) is 2.60. The van der Waals surface area contributed by atoms with Crippen molar-refractivity contribution in [1.29, 1.82) is 0 Å². The zero-order valence-corrected chi connectivity index (χ0v) is 13.9. The summed E-state index contributed by atoms with van der Waals surface area (Å²) in [5.41, 5.74) is 7.55. The van der Waals surface area contributed by atoms with Gasteiger partial charge in [0.25, 0.3) is 5.91 Å². The first-order valence-electron chi connectivity index (χ1n) is 7.64. The number of methoxy groups -OCH3 is 1. The molecular weight excluding hydrogens is 326 g/mol. The summed E-state index contributed by atoms with van der Waals surface area (Å²) >= 11 is 6.04. The molecule has 5 nitrogen and oxygen atoms in total. The summed E-state index contributed by atoms with van der Waals surface area (Å²) in [6.07, 6.45) is 0.731. The van der Waals surface area contributed by atoms with Gasteiger partial charge in [0.05, 0.1) is 19.3 Å². The zero-order chi connectivity index (χ0) is 16.7. The number of rotatable bonds is 2. The quantitative estimate of drug-likeness (QED) is 0.881. The minimum absolute atomic E-state index is 0.141. The lowest BCUT2D eigenvalue weighted by Crippen LogP contribution is -2.50. The van der Waals surface area contributed by atoms with Gasteiger partial charge in [0.2, 0.25) is 0 Å². The molecule has 2 aromatic rings. The third kappa shape index (κ3) is 2.57. The Bertz CT molecular complexity index is 846. The standard InChI is InChI=1S/C18H16ClN3O2/c1-24-15-6-4-14(5-7-15)22-10-12-8-11-2-3-13(19)9-16(11)20-17(12)18(23)21-22/h2-7,9,20H,8,10H2,1H3,(H,21,23). The molecule has 0 fully saturated rings. The van der Waals surface area contributed by atoms with E-state index in [4.69, 9.17) is 16.3 Å². The van der Waals surface area contributed by atoms with Gasteiger partial charge in [-0.15, -0.1) is 0 Å². The lowest BCUT2D eigenvalue weighted by molar-refractivity contribution is -0.117. The highest BCUT2D eigenvalue weighted by molar-refractivity contribution is 6.31. The Hall–Kier alpha value is -2.66. The van der Waals surface area contributed by atoms with Crippen LogP contribution in [0.4, 0.5) is 11.4 Å². The van der Waals surface area contributed by atoms with Crippen molar-refractivity contribution in [3.63, 3.8) is 0 Å². The summed E-state index contributed by atoms with van der Waals surface area (Å²) in [5.74, 6) is 0.643. The van der Waals surface area contributed by atoms with Crippen molar-refractivity contribution in [1.82, 2.24) is 5.43 Å². The van der Waals surface area contributed by atoms with Gasteiger partial charge in [0.15, 0.2) is 0 Å². The van der Waals surface area contributed by atoms with Crippen LogP contribution in [0.25, 0.3) is 0 Å². The Balaban J connectivity index is 1.62. The lowest BCUT2D eigenvalue weighted by atomic mass is 9.95. The summed E-state index contributed by atoms with van der Waals surface area (Å²) in [5, 5.41) is 5.72. The van der Waals surface area contributed by atoms with Crippen LogP contribution in [0.5, 0.6) is 5.75 Å². The molecule has 0 spiro atoms. The molecule has 0 bridgehead atoms. The van der Waals surface area contributed by atoms with Crippen LogP contribution in [-0.4, -0.2) is 19.6 Å². The van der Waals surface area contributed by atoms with Gasteiger partial charge in [-0.2, -0.15) is 0 Å². The number of hydrogen-bond donors (Lipinski definition) is 2. The first-order valence-corrected chi connectivity index (χ1v) is 8.02. The third-order valence-corrected chi connectivity index (χ3v) is 4.52. The number of hydrogen-bond acceptors (Lipinski definition) is 4. The molecule has 1 amide bonds. The lowest BCUT2D eigenvalue weighted by Gasteiger charge is -2.35. The van der Waals surface area contributed by atoms with E-state index in [1.807, 2.05) is 47.5 Å². The highest BCUT2D eigenvalue weighted by atomic mass is 35.5. The molecule has 0 saturated carbocycles. The Kier molecular flexibility index (Phi) is 3.58. The van der Waals surface area contributed by atoms with E-state index in [1.54, 1.807) is 7.11 Å². The van der Waals surface area contributed by atoms with Crippen molar-refractivity contribution in [2.24, 2.45) is 0 Å². The van der Waals surface area contributed by atoms with E-state index in [2.05, 4.69) is 10.7 Å². The van der Waals surface area contributed by atoms with Crippen LogP contribution in [0, 0.1) is 0 Å². The van der Waals surface area contributed by atoms with Gasteiger partial charge < -0.3 is 10.1 Å². The highest BCUT2D eigenvalue weighted by Gasteiger charge is 2.29. The molecule has 0 radical (unpaired) electrons. The number of anilines is 2. The molecule has 2 heterocycles. The molecule has 0 unspecified atom stereocenters. The Morgan fingerprint density at radius 2 is 1.96 bits per heavy atom. The fourth-order valence-corrected chi connectivity index (χ4v) is 3.21. The molecule has 0 atom stereocenters. The minimum Gasteiger partial charge on any atom is -0.497 e. The van der Waals surface area contributed by atoms with Crippen LogP contribution >= 0.6 is 11.6 Å². The number of nitrogens with zero attached hydrogens (tertiary/aromatic N) is 1. The zero-order valence-electron chi connectivity index (χ0n) is 13.1. The van der Waals surface area contributed by atoms with Crippen molar-refractivity contribution in [3.05, 3.63) is 64.3 Å². The van der Waals surface area contributed by atoms with E-state index < -0.39 is 0 Å². The summed E-state index contributed by atoms with van der Waals surface area (Å²) in [4.78, 5) is 12.5. The molecule has 0 aromatic heterocycles. The van der Waals surface area contributed by atoms with Gasteiger partial charge in [-0.05, 0) is 54.0 Å². The summed E-state index contributed by atoms with van der Waals surface area (Å²) < 4.78 is 5.18. The predicted octanol–water partition coefficient (Wildman–Crippen LogP) is 3.12. The van der Waals surface area contributed by atoms with Crippen LogP contribution in [0.15, 0.2) is 53.7 Å². The summed E-state index contributed by atoms with van der Waals surface area (Å²) in [6, 6.07) is 13.3. The highest BCUT2D eigenvalue weighted by Crippen LogP contribution is 2.32. The molecule has 2 aromatic carbocycles. The Labute approximate surface area is 144 Å². The topological polar surface area (TPSA) is 53.6 Å². The maximum atomic E-state index is 12.5. The molecule has 0 aliphatic carbocycles. The van der Waals surface area contributed by atoms with Crippen molar-refractivity contribution in [3.8, 4) is 5.75 Å². The average molecular weight is 342 g/mol. The van der Waals surface area contributed by atoms with E-state index in [9.17, 15) is 4.79 Å². The van der Waals surface area contributed by atoms with E-state index in [0.717, 1.165) is 34.7 Å². The molecule has 2 aliphatic rings. The number of benzene rings is 2. The molecule has 2 aliphatic heterocycles. The van der Waals surface area contributed by atoms with Crippen LogP contribution in [0.1, 0.15) is 5.56 Å². The number of carbonyl (C=O) groups excluding carboxylic acids is 1. The number of halogens is 1. The number of carbonyl (C=O) groups is 1. The van der Waals surface area contributed by atoms with E-state index in [1.165, 1.54) is 0 Å². The van der Waals surface area contributed by atoms with Crippen LogP contribution in [0.3, 0.4) is 0 Å². The number of hydrazine groups is 1. The van der Waals surface area contributed by atoms with Crippen LogP contribution in [0.2, 0.25) is 5.02 Å². The van der Waals surface area contributed by atoms with Gasteiger partial charge in [-0.25, -0.2) is 0 Å². The minimum atomic E-state index is -0.141. The number of nitrogens with one attached hydrogen (secondary N) is 2. The van der Waals surface area contributed by atoms with Gasteiger partial charge in [-0.3, -0.25) is 15.2 Å². The van der Waals surface area contributed by atoms with Crippen LogP contribution in [-0.2, 0) is 11.2 Å². The number of amides is 1. The second kappa shape index (κ2) is 5.76. The molecule has 24 heavy (non-hydrogen) atoms. The van der Waals surface area contributed by atoms with Crippen molar-refractivity contribution < 1.29 is 9.53 Å². The summed E-state index contributed by atoms with van der Waals surface area (Å²) in [6.45, 7) is 0.627. The Morgan fingerprint density at radius 3 is 2.71 bits per heavy atom. The number of fused-ring (bicyclic) bond motifs is 1. The van der Waals surface area contributed by atoms with E-state index in [0.29, 0.717) is 17.3 Å². The smallest absolute Gasteiger partial charge is 0.286 e. The van der Waals surface area contributed by atoms with Gasteiger partial charge in [0, 0.05) is 10.7 Å². The first-order chi connectivity index (χ1) is 11.6. The molecule has 2 N–H and O–H groups in total. The predicted molar refractivity (Wildman–Crippen MR) is 94.3 cm³/mol. The SMILES string of the molecule is COc1ccc(N2CC3=C(Nc4cc(Cl)ccc4C3)C(=O)N2)cc1. The molecule has 6 heteroatoms. The second-order valence-corrected chi connectivity index (χ2v) is 6.24. The second-order valence-electron chi connectivity index (χ2n) is 5.81. The fourth-order valence-electron chi connectivity index (χ4n) is 3.04. The molecule has 4 rings (SSSR count). The maximum Gasteiger partial charge on any atom is 0.286 e. The third-order valence-electron chi connectivity index (χ3n) is 4.29. The van der Waals surface area contributed by atoms with Crippen molar-refractivity contribution in [2.45, 2.75) is 6.42 Å². The summed E-state index contributed by atoms with van der Waals surface area (Å²) in [7, 11) is 1.63. The largest absolute Gasteiger partial charge is 0.497 e. The number of ether oxygens (including phenoxy) is 1. The van der Waals surface area contributed by atoms with Gasteiger partial charge in [-0.1, -0.05) is 17.7 Å². The van der Waals surface area contributed by atoms with Gasteiger partial charge >= 0.3 is 0 Å². The van der Waals surface area contributed by atoms with E-state index >= 15 is 0 Å². The van der Waals surface area contributed by atoms with Crippen LogP contribution < -0.4 is 20.5 Å². The van der Waals surface area contributed by atoms with E-state index in [-0.39, 0.29) is 5.91 Å².